The molecule has 24 heavy (non-hydrogen) atoms. The van der Waals surface area contributed by atoms with Crippen LogP contribution >= 0.6 is 12.2 Å². The van der Waals surface area contributed by atoms with Gasteiger partial charge in [-0.15, -0.1) is 0 Å². The van der Waals surface area contributed by atoms with Gasteiger partial charge in [-0.1, -0.05) is 6.07 Å². The van der Waals surface area contributed by atoms with E-state index in [1.807, 2.05) is 0 Å². The van der Waals surface area contributed by atoms with E-state index in [1.54, 1.807) is 24.3 Å². The van der Waals surface area contributed by atoms with Crippen molar-refractivity contribution in [3.8, 4) is 11.5 Å². The van der Waals surface area contributed by atoms with Gasteiger partial charge < -0.3 is 4.74 Å². The standard InChI is InChI=1S/C17H9FN2O3S/c18-10-2-5-11(6-3-10)23-12-4-1-9-7-14-15(21)19-17(24)20(14)16(22)13(9)8-12/h1-8H,(H,19,21,24). The number of amides is 1. The molecule has 1 N–H and O–H groups in total. The lowest BCUT2D eigenvalue weighted by molar-refractivity contribution is 0.0981. The van der Waals surface area contributed by atoms with E-state index >= 15 is 0 Å². The van der Waals surface area contributed by atoms with Crippen LogP contribution in [0.2, 0.25) is 0 Å². The van der Waals surface area contributed by atoms with Crippen LogP contribution in [0.15, 0.2) is 53.3 Å². The summed E-state index contributed by atoms with van der Waals surface area (Å²) in [6.07, 6.45) is 0. The van der Waals surface area contributed by atoms with E-state index in [0.29, 0.717) is 22.3 Å². The van der Waals surface area contributed by atoms with E-state index in [0.717, 1.165) is 0 Å². The number of pyridine rings is 1. The molecule has 2 heterocycles. The highest BCUT2D eigenvalue weighted by Gasteiger charge is 2.25. The molecule has 0 spiro atoms. The Bertz CT molecular complexity index is 1070. The molecule has 0 atom stereocenters. The minimum Gasteiger partial charge on any atom is -0.457 e. The van der Waals surface area contributed by atoms with Crippen molar-refractivity contribution in [2.24, 2.45) is 0 Å². The monoisotopic (exact) mass is 340 g/mol. The number of fused-ring (bicyclic) bond motifs is 2. The minimum absolute atomic E-state index is 0.0618. The summed E-state index contributed by atoms with van der Waals surface area (Å²) in [5.41, 5.74) is -0.180. The maximum Gasteiger partial charge on any atom is 0.274 e. The number of nitrogens with zero attached hydrogens (tertiary/aromatic N) is 1. The summed E-state index contributed by atoms with van der Waals surface area (Å²) >= 11 is 5.02. The number of rotatable bonds is 2. The molecule has 2 aromatic carbocycles. The normalized spacial score (nSPS) is 13.0. The number of thiocarbonyl (C=S) groups is 1. The van der Waals surface area contributed by atoms with Crippen LogP contribution in [0.4, 0.5) is 4.39 Å². The molecule has 7 heteroatoms. The summed E-state index contributed by atoms with van der Waals surface area (Å²) < 4.78 is 19.7. The predicted octanol–water partition coefficient (Wildman–Crippen LogP) is 2.81. The van der Waals surface area contributed by atoms with Crippen LogP contribution in [0.25, 0.3) is 10.8 Å². The van der Waals surface area contributed by atoms with Crippen LogP contribution in [-0.4, -0.2) is 15.6 Å². The molecule has 0 radical (unpaired) electrons. The van der Waals surface area contributed by atoms with Crippen molar-refractivity contribution < 1.29 is 13.9 Å². The summed E-state index contributed by atoms with van der Waals surface area (Å²) in [5, 5.41) is 3.49. The van der Waals surface area contributed by atoms with E-state index in [1.165, 1.54) is 28.8 Å². The number of hydrogen-bond acceptors (Lipinski definition) is 4. The van der Waals surface area contributed by atoms with E-state index in [4.69, 9.17) is 17.0 Å². The van der Waals surface area contributed by atoms with Crippen molar-refractivity contribution in [2.45, 2.75) is 0 Å². The van der Waals surface area contributed by atoms with Crippen molar-refractivity contribution in [1.29, 1.82) is 0 Å². The molecule has 0 fully saturated rings. The zero-order chi connectivity index (χ0) is 16.8. The number of carbonyl (C=O) groups excluding carboxylic acids is 1. The molecule has 5 nitrogen and oxygen atoms in total. The SMILES string of the molecule is O=C1NC(=S)n2c1cc1ccc(Oc3ccc(F)cc3)cc1c2=O. The van der Waals surface area contributed by atoms with Crippen LogP contribution in [-0.2, 0) is 0 Å². The number of carbonyl (C=O) groups is 1. The van der Waals surface area contributed by atoms with Gasteiger partial charge in [0.05, 0.1) is 5.39 Å². The van der Waals surface area contributed by atoms with E-state index < -0.39 is 11.5 Å². The average molecular weight is 340 g/mol. The molecule has 118 valence electrons. The summed E-state index contributed by atoms with van der Waals surface area (Å²) in [4.78, 5) is 24.4. The first kappa shape index (κ1) is 14.5. The Balaban J connectivity index is 1.82. The van der Waals surface area contributed by atoms with Gasteiger partial charge in [-0.2, -0.15) is 0 Å². The fourth-order valence-corrected chi connectivity index (χ4v) is 2.85. The highest BCUT2D eigenvalue weighted by molar-refractivity contribution is 7.80. The van der Waals surface area contributed by atoms with Gasteiger partial charge in [-0.05, 0) is 60.1 Å². The molecule has 4 rings (SSSR count). The molecule has 1 aliphatic heterocycles. The third-order valence-corrected chi connectivity index (χ3v) is 3.98. The highest BCUT2D eigenvalue weighted by atomic mass is 32.1. The smallest absolute Gasteiger partial charge is 0.274 e. The molecule has 0 saturated heterocycles. The van der Waals surface area contributed by atoms with Gasteiger partial charge in [0.15, 0.2) is 5.11 Å². The maximum absolute atomic E-state index is 12.9. The first-order valence-corrected chi connectivity index (χ1v) is 7.43. The molecule has 1 amide bonds. The lowest BCUT2D eigenvalue weighted by Crippen LogP contribution is -2.28. The molecule has 1 aliphatic rings. The first-order valence-electron chi connectivity index (χ1n) is 7.02. The second kappa shape index (κ2) is 5.24. The Morgan fingerprint density at radius 1 is 1.00 bits per heavy atom. The number of benzene rings is 2. The number of ether oxygens (including phenoxy) is 1. The van der Waals surface area contributed by atoms with Crippen molar-refractivity contribution in [3.05, 3.63) is 70.4 Å². The Morgan fingerprint density at radius 3 is 2.46 bits per heavy atom. The molecular formula is C17H9FN2O3S. The minimum atomic E-state index is -0.398. The zero-order valence-electron chi connectivity index (χ0n) is 12.1. The van der Waals surface area contributed by atoms with Gasteiger partial charge in [0.25, 0.3) is 11.5 Å². The largest absolute Gasteiger partial charge is 0.457 e. The maximum atomic E-state index is 12.9. The number of nitrogens with one attached hydrogen (secondary N) is 1. The fourth-order valence-electron chi connectivity index (χ4n) is 2.58. The van der Waals surface area contributed by atoms with Crippen molar-refractivity contribution >= 4 is 34.0 Å². The van der Waals surface area contributed by atoms with Crippen LogP contribution < -0.4 is 15.6 Å². The van der Waals surface area contributed by atoms with Crippen molar-refractivity contribution in [2.75, 3.05) is 0 Å². The first-order chi connectivity index (χ1) is 11.5. The topological polar surface area (TPSA) is 60.3 Å². The van der Waals surface area contributed by atoms with E-state index in [9.17, 15) is 14.0 Å². The van der Waals surface area contributed by atoms with Gasteiger partial charge >= 0.3 is 0 Å². The number of hydrogen-bond donors (Lipinski definition) is 1. The Hall–Kier alpha value is -3.06. The fraction of sp³-hybridized carbons (Fsp3) is 0. The average Bonchev–Trinajstić information content (AvgIpc) is 2.85. The Labute approximate surface area is 140 Å². The second-order valence-corrected chi connectivity index (χ2v) is 5.62. The summed E-state index contributed by atoms with van der Waals surface area (Å²) in [6, 6.07) is 12.1. The van der Waals surface area contributed by atoms with Crippen molar-refractivity contribution in [1.82, 2.24) is 9.88 Å². The summed E-state index contributed by atoms with van der Waals surface area (Å²) in [6.45, 7) is 0. The molecule has 0 saturated carbocycles. The molecule has 3 aromatic rings. The Morgan fingerprint density at radius 2 is 1.71 bits per heavy atom. The molecule has 0 unspecified atom stereocenters. The van der Waals surface area contributed by atoms with E-state index in [2.05, 4.69) is 5.32 Å². The predicted molar refractivity (Wildman–Crippen MR) is 90.1 cm³/mol. The zero-order valence-corrected chi connectivity index (χ0v) is 12.9. The third kappa shape index (κ3) is 2.26. The molecule has 0 bridgehead atoms. The highest BCUT2D eigenvalue weighted by Crippen LogP contribution is 2.25. The van der Waals surface area contributed by atoms with Crippen LogP contribution in [0.1, 0.15) is 10.5 Å². The second-order valence-electron chi connectivity index (χ2n) is 5.23. The number of aromatic nitrogens is 1. The van der Waals surface area contributed by atoms with Gasteiger partial charge in [-0.25, -0.2) is 8.96 Å². The molecule has 0 aliphatic carbocycles. The van der Waals surface area contributed by atoms with Crippen molar-refractivity contribution in [3.63, 3.8) is 0 Å². The summed E-state index contributed by atoms with van der Waals surface area (Å²) in [7, 11) is 0. The van der Waals surface area contributed by atoms with Gasteiger partial charge in [0.2, 0.25) is 0 Å². The van der Waals surface area contributed by atoms with Gasteiger partial charge in [0, 0.05) is 0 Å². The molecular weight excluding hydrogens is 331 g/mol. The van der Waals surface area contributed by atoms with Crippen LogP contribution in [0.3, 0.4) is 0 Å². The lowest BCUT2D eigenvalue weighted by atomic mass is 10.1. The third-order valence-electron chi connectivity index (χ3n) is 3.70. The van der Waals surface area contributed by atoms with E-state index in [-0.39, 0.29) is 16.6 Å². The van der Waals surface area contributed by atoms with Gasteiger partial charge in [0.1, 0.15) is 23.0 Å². The van der Waals surface area contributed by atoms with Crippen LogP contribution in [0.5, 0.6) is 11.5 Å². The van der Waals surface area contributed by atoms with Crippen LogP contribution in [0, 0.1) is 5.82 Å². The number of halogens is 1. The summed E-state index contributed by atoms with van der Waals surface area (Å²) in [5.74, 6) is 0.116. The molecule has 1 aromatic heterocycles. The Kier molecular flexibility index (Phi) is 3.17. The van der Waals surface area contributed by atoms with Gasteiger partial charge in [-0.3, -0.25) is 14.9 Å². The lowest BCUT2D eigenvalue weighted by Gasteiger charge is -2.08. The quantitative estimate of drug-likeness (QED) is 0.729.